The molecule has 6 heteroatoms. The number of methoxy groups -OCH3 is 2. The molecule has 0 atom stereocenters. The van der Waals surface area contributed by atoms with E-state index in [2.05, 4.69) is 22.5 Å². The van der Waals surface area contributed by atoms with Crippen molar-refractivity contribution in [1.29, 1.82) is 0 Å². The standard InChI is InChI=1S/C21H23N3O3/c1-14-20(15(2)24(23-14)13-16-8-6-5-7-9-16)22-21(25)18-11-10-17(26-3)12-19(18)27-4/h5-12H,13H2,1-4H3,(H,22,25). The van der Waals surface area contributed by atoms with Crippen molar-refractivity contribution in [2.75, 3.05) is 19.5 Å². The van der Waals surface area contributed by atoms with Gasteiger partial charge in [-0.2, -0.15) is 5.10 Å². The van der Waals surface area contributed by atoms with Crippen LogP contribution in [0.15, 0.2) is 48.5 Å². The predicted octanol–water partition coefficient (Wildman–Crippen LogP) is 3.82. The largest absolute Gasteiger partial charge is 0.497 e. The molecule has 0 bridgehead atoms. The number of nitrogens with zero attached hydrogens (tertiary/aromatic N) is 2. The third-order valence-electron chi connectivity index (χ3n) is 4.45. The molecule has 1 heterocycles. The SMILES string of the molecule is COc1ccc(C(=O)Nc2c(C)nn(Cc3ccccc3)c2C)c(OC)c1. The minimum absolute atomic E-state index is 0.250. The molecule has 0 unspecified atom stereocenters. The Morgan fingerprint density at radius 1 is 1.07 bits per heavy atom. The third kappa shape index (κ3) is 3.95. The number of benzene rings is 2. The van der Waals surface area contributed by atoms with E-state index in [0.29, 0.717) is 29.3 Å². The molecule has 1 aromatic heterocycles. The van der Waals surface area contributed by atoms with Gasteiger partial charge in [-0.25, -0.2) is 0 Å². The molecule has 0 aliphatic carbocycles. The summed E-state index contributed by atoms with van der Waals surface area (Å²) in [5.41, 5.74) is 3.97. The minimum Gasteiger partial charge on any atom is -0.497 e. The molecule has 2 aromatic carbocycles. The number of hydrogen-bond donors (Lipinski definition) is 1. The zero-order valence-corrected chi connectivity index (χ0v) is 15.9. The van der Waals surface area contributed by atoms with Gasteiger partial charge in [0.05, 0.1) is 43.4 Å². The van der Waals surface area contributed by atoms with Crippen molar-refractivity contribution in [2.24, 2.45) is 0 Å². The second-order valence-corrected chi connectivity index (χ2v) is 6.21. The molecule has 0 spiro atoms. The highest BCUT2D eigenvalue weighted by molar-refractivity contribution is 6.06. The maximum absolute atomic E-state index is 12.8. The van der Waals surface area contributed by atoms with Gasteiger partial charge in [0.2, 0.25) is 0 Å². The first-order valence-corrected chi connectivity index (χ1v) is 8.64. The van der Waals surface area contributed by atoms with Crippen LogP contribution in [-0.4, -0.2) is 29.9 Å². The normalized spacial score (nSPS) is 10.5. The molecule has 0 aliphatic rings. The summed E-state index contributed by atoms with van der Waals surface area (Å²) in [5.74, 6) is 0.838. The lowest BCUT2D eigenvalue weighted by atomic mass is 10.1. The van der Waals surface area contributed by atoms with Crippen LogP contribution in [0.1, 0.15) is 27.3 Å². The van der Waals surface area contributed by atoms with Gasteiger partial charge < -0.3 is 14.8 Å². The zero-order valence-electron chi connectivity index (χ0n) is 15.9. The number of aromatic nitrogens is 2. The first-order chi connectivity index (χ1) is 13.0. The lowest BCUT2D eigenvalue weighted by Crippen LogP contribution is -2.14. The summed E-state index contributed by atoms with van der Waals surface area (Å²) in [6.07, 6.45) is 0. The van der Waals surface area contributed by atoms with Crippen molar-refractivity contribution in [1.82, 2.24) is 9.78 Å². The molecule has 0 saturated carbocycles. The number of nitrogens with one attached hydrogen (secondary N) is 1. The molecule has 0 fully saturated rings. The van der Waals surface area contributed by atoms with Gasteiger partial charge in [-0.15, -0.1) is 0 Å². The Hall–Kier alpha value is -3.28. The van der Waals surface area contributed by atoms with E-state index in [9.17, 15) is 4.79 Å². The molecular weight excluding hydrogens is 342 g/mol. The number of hydrogen-bond acceptors (Lipinski definition) is 4. The first-order valence-electron chi connectivity index (χ1n) is 8.64. The van der Waals surface area contributed by atoms with E-state index in [-0.39, 0.29) is 5.91 Å². The third-order valence-corrected chi connectivity index (χ3v) is 4.45. The summed E-state index contributed by atoms with van der Waals surface area (Å²) < 4.78 is 12.4. The summed E-state index contributed by atoms with van der Waals surface area (Å²) in [7, 11) is 3.10. The number of carbonyl (C=O) groups is 1. The van der Waals surface area contributed by atoms with Gasteiger partial charge in [0, 0.05) is 6.07 Å². The van der Waals surface area contributed by atoms with Crippen LogP contribution in [0.3, 0.4) is 0 Å². The van der Waals surface area contributed by atoms with Crippen LogP contribution in [0.4, 0.5) is 5.69 Å². The van der Waals surface area contributed by atoms with E-state index in [1.807, 2.05) is 36.7 Å². The van der Waals surface area contributed by atoms with E-state index in [1.165, 1.54) is 7.11 Å². The van der Waals surface area contributed by atoms with Gasteiger partial charge in [0.1, 0.15) is 11.5 Å². The number of aryl methyl sites for hydroxylation is 1. The Kier molecular flexibility index (Phi) is 5.45. The van der Waals surface area contributed by atoms with Crippen molar-refractivity contribution in [3.8, 4) is 11.5 Å². The van der Waals surface area contributed by atoms with E-state index in [4.69, 9.17) is 9.47 Å². The van der Waals surface area contributed by atoms with Crippen molar-refractivity contribution in [3.05, 3.63) is 71.0 Å². The lowest BCUT2D eigenvalue weighted by Gasteiger charge is -2.11. The van der Waals surface area contributed by atoms with E-state index in [1.54, 1.807) is 25.3 Å². The zero-order chi connectivity index (χ0) is 19.4. The fraction of sp³-hybridized carbons (Fsp3) is 0.238. The van der Waals surface area contributed by atoms with E-state index >= 15 is 0 Å². The average molecular weight is 365 g/mol. The van der Waals surface area contributed by atoms with Gasteiger partial charge in [0.25, 0.3) is 5.91 Å². The molecule has 1 N–H and O–H groups in total. The highest BCUT2D eigenvalue weighted by Gasteiger charge is 2.18. The first kappa shape index (κ1) is 18.5. The Morgan fingerprint density at radius 3 is 2.48 bits per heavy atom. The van der Waals surface area contributed by atoms with Crippen LogP contribution in [0, 0.1) is 13.8 Å². The number of carbonyl (C=O) groups excluding carboxylic acids is 1. The monoisotopic (exact) mass is 365 g/mol. The topological polar surface area (TPSA) is 65.4 Å². The number of anilines is 1. The van der Waals surface area contributed by atoms with Crippen LogP contribution < -0.4 is 14.8 Å². The van der Waals surface area contributed by atoms with E-state index < -0.39 is 0 Å². The number of ether oxygens (including phenoxy) is 2. The highest BCUT2D eigenvalue weighted by Crippen LogP contribution is 2.27. The predicted molar refractivity (Wildman–Crippen MR) is 105 cm³/mol. The van der Waals surface area contributed by atoms with Crippen molar-refractivity contribution < 1.29 is 14.3 Å². The van der Waals surface area contributed by atoms with Gasteiger partial charge in [-0.3, -0.25) is 9.48 Å². The molecule has 1 amide bonds. The second kappa shape index (κ2) is 7.95. The summed E-state index contributed by atoms with van der Waals surface area (Å²) >= 11 is 0. The second-order valence-electron chi connectivity index (χ2n) is 6.21. The quantitative estimate of drug-likeness (QED) is 0.721. The molecule has 6 nitrogen and oxygen atoms in total. The summed E-state index contributed by atoms with van der Waals surface area (Å²) in [5, 5.41) is 7.54. The van der Waals surface area contributed by atoms with Crippen molar-refractivity contribution in [3.63, 3.8) is 0 Å². The summed E-state index contributed by atoms with van der Waals surface area (Å²) in [6.45, 7) is 4.48. The molecule has 0 radical (unpaired) electrons. The fourth-order valence-corrected chi connectivity index (χ4v) is 2.96. The Morgan fingerprint density at radius 2 is 1.81 bits per heavy atom. The molecular formula is C21H23N3O3. The van der Waals surface area contributed by atoms with Gasteiger partial charge in [-0.05, 0) is 31.5 Å². The van der Waals surface area contributed by atoms with Crippen LogP contribution in [0.25, 0.3) is 0 Å². The lowest BCUT2D eigenvalue weighted by molar-refractivity contribution is 0.102. The minimum atomic E-state index is -0.250. The Balaban J connectivity index is 1.85. The summed E-state index contributed by atoms with van der Waals surface area (Å²) in [6, 6.07) is 15.2. The van der Waals surface area contributed by atoms with Gasteiger partial charge in [0.15, 0.2) is 0 Å². The molecule has 27 heavy (non-hydrogen) atoms. The summed E-state index contributed by atoms with van der Waals surface area (Å²) in [4.78, 5) is 12.8. The smallest absolute Gasteiger partial charge is 0.259 e. The maximum Gasteiger partial charge on any atom is 0.259 e. The van der Waals surface area contributed by atoms with Crippen LogP contribution >= 0.6 is 0 Å². The highest BCUT2D eigenvalue weighted by atomic mass is 16.5. The Bertz CT molecular complexity index is 949. The van der Waals surface area contributed by atoms with Crippen LogP contribution in [0.2, 0.25) is 0 Å². The number of amides is 1. The molecule has 0 saturated heterocycles. The maximum atomic E-state index is 12.8. The molecule has 0 aliphatic heterocycles. The van der Waals surface area contributed by atoms with Crippen molar-refractivity contribution >= 4 is 11.6 Å². The molecule has 3 rings (SSSR count). The fourth-order valence-electron chi connectivity index (χ4n) is 2.96. The van der Waals surface area contributed by atoms with Gasteiger partial charge >= 0.3 is 0 Å². The Labute approximate surface area is 158 Å². The molecule has 140 valence electrons. The molecule has 3 aromatic rings. The van der Waals surface area contributed by atoms with Gasteiger partial charge in [-0.1, -0.05) is 30.3 Å². The number of rotatable bonds is 6. The van der Waals surface area contributed by atoms with Crippen molar-refractivity contribution in [2.45, 2.75) is 20.4 Å². The van der Waals surface area contributed by atoms with E-state index in [0.717, 1.165) is 17.0 Å². The average Bonchev–Trinajstić information content (AvgIpc) is 2.95. The van der Waals surface area contributed by atoms with Crippen LogP contribution in [-0.2, 0) is 6.54 Å². The van der Waals surface area contributed by atoms with Crippen LogP contribution in [0.5, 0.6) is 11.5 Å².